The van der Waals surface area contributed by atoms with Gasteiger partial charge < -0.3 is 9.88 Å². The molecule has 154 valence electrons. The number of aromatic nitrogens is 1. The summed E-state index contributed by atoms with van der Waals surface area (Å²) >= 11 is 18.3. The van der Waals surface area contributed by atoms with Gasteiger partial charge in [0.2, 0.25) is 0 Å². The number of nitrogens with zero attached hydrogens (tertiary/aromatic N) is 2. The van der Waals surface area contributed by atoms with Crippen LogP contribution >= 0.6 is 34.8 Å². The predicted octanol–water partition coefficient (Wildman–Crippen LogP) is 5.14. The molecule has 1 heterocycles. The van der Waals surface area contributed by atoms with Crippen LogP contribution in [0.3, 0.4) is 0 Å². The number of aryl methyl sites for hydroxylation is 1. The number of anilines is 1. The van der Waals surface area contributed by atoms with Crippen molar-refractivity contribution in [1.82, 2.24) is 9.99 Å². The Labute approximate surface area is 188 Å². The van der Waals surface area contributed by atoms with Crippen molar-refractivity contribution in [3.05, 3.63) is 80.6 Å². The second kappa shape index (κ2) is 9.34. The number of halogens is 3. The molecular formula is C21H17Cl3N4O2. The van der Waals surface area contributed by atoms with Gasteiger partial charge in [0.25, 0.3) is 0 Å². The lowest BCUT2D eigenvalue weighted by molar-refractivity contribution is -0.136. The highest BCUT2D eigenvalue weighted by atomic mass is 35.5. The molecule has 0 unspecified atom stereocenters. The Morgan fingerprint density at radius 3 is 2.47 bits per heavy atom. The zero-order valence-electron chi connectivity index (χ0n) is 16.0. The van der Waals surface area contributed by atoms with E-state index in [2.05, 4.69) is 15.8 Å². The Hall–Kier alpha value is -2.80. The molecule has 2 aromatic carbocycles. The first kappa shape index (κ1) is 21.9. The van der Waals surface area contributed by atoms with Gasteiger partial charge in [0.15, 0.2) is 0 Å². The van der Waals surface area contributed by atoms with Crippen LogP contribution < -0.4 is 10.7 Å². The minimum absolute atomic E-state index is 0.411. The van der Waals surface area contributed by atoms with E-state index in [1.54, 1.807) is 24.3 Å². The summed E-state index contributed by atoms with van der Waals surface area (Å²) in [6, 6.07) is 13.8. The first-order valence-electron chi connectivity index (χ1n) is 8.81. The van der Waals surface area contributed by atoms with Gasteiger partial charge in [-0.3, -0.25) is 9.59 Å². The maximum atomic E-state index is 12.0. The standard InChI is InChI=1S/C21H17Cl3N4O2/c1-12-9-14(13(2)28(12)18-8-4-7-17(23)19(18)24)11-25-27-21(30)20(29)26-16-6-3-5-15(22)10-16/h3-11H,1-2H3,(H,26,29)(H,27,30)/b25-11-. The average Bonchev–Trinajstić information content (AvgIpc) is 2.97. The van der Waals surface area contributed by atoms with Gasteiger partial charge in [-0.1, -0.05) is 46.9 Å². The molecule has 0 saturated heterocycles. The van der Waals surface area contributed by atoms with E-state index in [4.69, 9.17) is 34.8 Å². The molecule has 30 heavy (non-hydrogen) atoms. The Kier molecular flexibility index (Phi) is 6.82. The second-order valence-corrected chi connectivity index (χ2v) is 7.62. The highest BCUT2D eigenvalue weighted by Gasteiger charge is 2.15. The number of hydrogen-bond donors (Lipinski definition) is 2. The van der Waals surface area contributed by atoms with Gasteiger partial charge in [0, 0.05) is 27.7 Å². The van der Waals surface area contributed by atoms with Crippen molar-refractivity contribution in [2.45, 2.75) is 13.8 Å². The fourth-order valence-corrected chi connectivity index (χ4v) is 3.49. The van der Waals surface area contributed by atoms with Crippen LogP contribution in [0.25, 0.3) is 5.69 Å². The lowest BCUT2D eigenvalue weighted by Crippen LogP contribution is -2.32. The van der Waals surface area contributed by atoms with Crippen LogP contribution in [0.15, 0.2) is 53.6 Å². The third-order valence-corrected chi connectivity index (χ3v) is 5.34. The molecule has 2 N–H and O–H groups in total. The molecule has 0 radical (unpaired) electrons. The average molecular weight is 464 g/mol. The van der Waals surface area contributed by atoms with Crippen molar-refractivity contribution < 1.29 is 9.59 Å². The zero-order chi connectivity index (χ0) is 21.8. The Bertz CT molecular complexity index is 1160. The van der Waals surface area contributed by atoms with Gasteiger partial charge >= 0.3 is 11.8 Å². The molecule has 2 amide bonds. The number of hydrazone groups is 1. The number of amides is 2. The predicted molar refractivity (Wildman–Crippen MR) is 121 cm³/mol. The topological polar surface area (TPSA) is 75.5 Å². The van der Waals surface area contributed by atoms with Crippen molar-refractivity contribution in [3.63, 3.8) is 0 Å². The van der Waals surface area contributed by atoms with Crippen molar-refractivity contribution in [3.8, 4) is 5.69 Å². The highest BCUT2D eigenvalue weighted by Crippen LogP contribution is 2.31. The maximum absolute atomic E-state index is 12.0. The molecule has 0 bridgehead atoms. The molecule has 0 spiro atoms. The molecule has 1 aromatic heterocycles. The molecule has 0 aliphatic heterocycles. The molecule has 3 aromatic rings. The number of carbonyl (C=O) groups excluding carboxylic acids is 2. The van der Waals surface area contributed by atoms with E-state index in [-0.39, 0.29) is 0 Å². The number of benzene rings is 2. The van der Waals surface area contributed by atoms with Gasteiger partial charge in [0.05, 0.1) is 21.9 Å². The third kappa shape index (κ3) is 4.84. The molecule has 0 saturated carbocycles. The number of carbonyl (C=O) groups is 2. The SMILES string of the molecule is Cc1cc(/C=N\NC(=O)C(=O)Nc2cccc(Cl)c2)c(C)n1-c1cccc(Cl)c1Cl. The lowest BCUT2D eigenvalue weighted by Gasteiger charge is -2.12. The first-order chi connectivity index (χ1) is 14.3. The minimum Gasteiger partial charge on any atom is -0.318 e. The summed E-state index contributed by atoms with van der Waals surface area (Å²) in [6.45, 7) is 3.80. The maximum Gasteiger partial charge on any atom is 0.329 e. The summed E-state index contributed by atoms with van der Waals surface area (Å²) in [5, 5.41) is 7.67. The van der Waals surface area contributed by atoms with Crippen molar-refractivity contribution in [1.29, 1.82) is 0 Å². The number of rotatable bonds is 4. The molecule has 6 nitrogen and oxygen atoms in total. The van der Waals surface area contributed by atoms with Crippen molar-refractivity contribution in [2.24, 2.45) is 5.10 Å². The van der Waals surface area contributed by atoms with E-state index in [0.717, 1.165) is 22.6 Å². The van der Waals surface area contributed by atoms with E-state index in [0.29, 0.717) is 20.8 Å². The van der Waals surface area contributed by atoms with Crippen molar-refractivity contribution >= 4 is 58.5 Å². The minimum atomic E-state index is -0.905. The monoisotopic (exact) mass is 462 g/mol. The number of nitrogens with one attached hydrogen (secondary N) is 2. The van der Waals surface area contributed by atoms with Crippen LogP contribution in [0.4, 0.5) is 5.69 Å². The van der Waals surface area contributed by atoms with E-state index < -0.39 is 11.8 Å². The normalized spacial score (nSPS) is 11.0. The molecule has 0 atom stereocenters. The fourth-order valence-electron chi connectivity index (χ4n) is 2.92. The molecule has 0 fully saturated rings. The van der Waals surface area contributed by atoms with E-state index >= 15 is 0 Å². The third-order valence-electron chi connectivity index (χ3n) is 4.30. The smallest absolute Gasteiger partial charge is 0.318 e. The largest absolute Gasteiger partial charge is 0.329 e. The van der Waals surface area contributed by atoms with Gasteiger partial charge in [-0.2, -0.15) is 5.10 Å². The van der Waals surface area contributed by atoms with Gasteiger partial charge in [-0.25, -0.2) is 5.43 Å². The van der Waals surface area contributed by atoms with E-state index in [9.17, 15) is 9.59 Å². The van der Waals surface area contributed by atoms with Crippen LogP contribution in [-0.4, -0.2) is 22.6 Å². The summed E-state index contributed by atoms with van der Waals surface area (Å²) in [7, 11) is 0. The summed E-state index contributed by atoms with van der Waals surface area (Å²) in [4.78, 5) is 24.0. The molecule has 3 rings (SSSR count). The van der Waals surface area contributed by atoms with Crippen LogP contribution in [0.2, 0.25) is 15.1 Å². The van der Waals surface area contributed by atoms with Gasteiger partial charge in [0.1, 0.15) is 0 Å². The second-order valence-electron chi connectivity index (χ2n) is 6.40. The first-order valence-corrected chi connectivity index (χ1v) is 9.94. The summed E-state index contributed by atoms with van der Waals surface area (Å²) in [5.41, 5.74) is 5.86. The summed E-state index contributed by atoms with van der Waals surface area (Å²) in [5.74, 6) is -1.76. The Morgan fingerprint density at radius 1 is 1.00 bits per heavy atom. The van der Waals surface area contributed by atoms with Crippen molar-refractivity contribution in [2.75, 3.05) is 5.32 Å². The Balaban J connectivity index is 1.71. The van der Waals surface area contributed by atoms with Crippen LogP contribution in [0, 0.1) is 13.8 Å². The molecule has 0 aliphatic rings. The zero-order valence-corrected chi connectivity index (χ0v) is 18.3. The Morgan fingerprint density at radius 2 is 1.73 bits per heavy atom. The molecule has 9 heteroatoms. The lowest BCUT2D eigenvalue weighted by atomic mass is 10.2. The van der Waals surface area contributed by atoms with E-state index in [1.807, 2.05) is 36.6 Å². The summed E-state index contributed by atoms with van der Waals surface area (Å²) < 4.78 is 1.93. The van der Waals surface area contributed by atoms with Crippen LogP contribution in [0.5, 0.6) is 0 Å². The summed E-state index contributed by atoms with van der Waals surface area (Å²) in [6.07, 6.45) is 1.46. The highest BCUT2D eigenvalue weighted by molar-refractivity contribution is 6.43. The van der Waals surface area contributed by atoms with E-state index in [1.165, 1.54) is 12.3 Å². The van der Waals surface area contributed by atoms with Crippen LogP contribution in [-0.2, 0) is 9.59 Å². The fraction of sp³-hybridized carbons (Fsp3) is 0.0952. The quantitative estimate of drug-likeness (QED) is 0.319. The molecular weight excluding hydrogens is 447 g/mol. The van der Waals surface area contributed by atoms with Gasteiger partial charge in [-0.05, 0) is 50.2 Å². The van der Waals surface area contributed by atoms with Crippen LogP contribution in [0.1, 0.15) is 17.0 Å². The number of hydrogen-bond acceptors (Lipinski definition) is 3. The van der Waals surface area contributed by atoms with Gasteiger partial charge in [-0.15, -0.1) is 0 Å². The molecule has 0 aliphatic carbocycles.